The number of halogens is 1. The van der Waals surface area contributed by atoms with Crippen molar-refractivity contribution < 1.29 is 0 Å². The number of aromatic nitrogens is 1. The first-order chi connectivity index (χ1) is 9.26. The van der Waals surface area contributed by atoms with E-state index in [9.17, 15) is 0 Å². The van der Waals surface area contributed by atoms with E-state index < -0.39 is 0 Å². The van der Waals surface area contributed by atoms with Crippen LogP contribution in [0.3, 0.4) is 0 Å². The highest BCUT2D eigenvalue weighted by atomic mass is 79.9. The maximum absolute atomic E-state index is 8.80. The first-order valence-electron chi connectivity index (χ1n) is 6.00. The van der Waals surface area contributed by atoms with E-state index in [-0.39, 0.29) is 0 Å². The Balaban J connectivity index is 1.96. The van der Waals surface area contributed by atoms with Gasteiger partial charge < -0.3 is 4.57 Å². The molecule has 0 spiro atoms. The highest BCUT2D eigenvalue weighted by Crippen LogP contribution is 2.21. The molecule has 3 aromatic rings. The number of fused-ring (bicyclic) bond motifs is 1. The van der Waals surface area contributed by atoms with Crippen LogP contribution in [-0.4, -0.2) is 4.57 Å². The van der Waals surface area contributed by atoms with Crippen molar-refractivity contribution in [3.63, 3.8) is 0 Å². The summed E-state index contributed by atoms with van der Waals surface area (Å²) in [5.74, 6) is 0. The molecular formula is C16H11BrN2. The monoisotopic (exact) mass is 310 g/mol. The van der Waals surface area contributed by atoms with Gasteiger partial charge in [0.15, 0.2) is 0 Å². The molecule has 2 aromatic carbocycles. The second kappa shape index (κ2) is 4.91. The van der Waals surface area contributed by atoms with Crippen LogP contribution >= 0.6 is 15.9 Å². The average Bonchev–Trinajstić information content (AvgIpc) is 2.82. The molecule has 0 fully saturated rings. The van der Waals surface area contributed by atoms with Gasteiger partial charge in [-0.2, -0.15) is 5.26 Å². The van der Waals surface area contributed by atoms with Gasteiger partial charge in [0.25, 0.3) is 0 Å². The predicted molar refractivity (Wildman–Crippen MR) is 79.9 cm³/mol. The third kappa shape index (κ3) is 2.40. The van der Waals surface area contributed by atoms with Crippen molar-refractivity contribution in [2.24, 2.45) is 0 Å². The lowest BCUT2D eigenvalue weighted by molar-refractivity contribution is 0.836. The molecule has 2 nitrogen and oxygen atoms in total. The van der Waals surface area contributed by atoms with Crippen LogP contribution in [0.25, 0.3) is 10.9 Å². The molecule has 0 aliphatic carbocycles. The van der Waals surface area contributed by atoms with Gasteiger partial charge in [-0.05, 0) is 41.3 Å². The third-order valence-electron chi connectivity index (χ3n) is 3.17. The van der Waals surface area contributed by atoms with Gasteiger partial charge in [0.05, 0.1) is 11.6 Å². The number of hydrogen-bond donors (Lipinski definition) is 0. The number of rotatable bonds is 2. The van der Waals surface area contributed by atoms with Gasteiger partial charge in [0, 0.05) is 22.7 Å². The number of hydrogen-bond acceptors (Lipinski definition) is 1. The molecule has 0 bridgehead atoms. The SMILES string of the molecule is N#Cc1ccc(Cn2ccc3ccc(Br)cc32)cc1. The fraction of sp³-hybridized carbons (Fsp3) is 0.0625. The quantitative estimate of drug-likeness (QED) is 0.693. The summed E-state index contributed by atoms with van der Waals surface area (Å²) in [5, 5.41) is 10.0. The van der Waals surface area contributed by atoms with Crippen LogP contribution in [0.2, 0.25) is 0 Å². The number of nitrogens with zero attached hydrogens (tertiary/aromatic N) is 2. The Morgan fingerprint density at radius 2 is 1.84 bits per heavy atom. The predicted octanol–water partition coefficient (Wildman–Crippen LogP) is 4.32. The molecular weight excluding hydrogens is 300 g/mol. The second-order valence-corrected chi connectivity index (χ2v) is 5.37. The van der Waals surface area contributed by atoms with Crippen molar-refractivity contribution in [3.8, 4) is 6.07 Å². The minimum absolute atomic E-state index is 0.698. The molecule has 19 heavy (non-hydrogen) atoms. The van der Waals surface area contributed by atoms with Gasteiger partial charge in [-0.25, -0.2) is 0 Å². The van der Waals surface area contributed by atoms with E-state index in [1.54, 1.807) is 0 Å². The lowest BCUT2D eigenvalue weighted by atomic mass is 10.1. The summed E-state index contributed by atoms with van der Waals surface area (Å²) >= 11 is 3.51. The van der Waals surface area contributed by atoms with E-state index >= 15 is 0 Å². The molecule has 0 N–H and O–H groups in total. The normalized spacial score (nSPS) is 10.5. The summed E-state index contributed by atoms with van der Waals surface area (Å²) in [6, 6.07) is 18.3. The molecule has 3 heteroatoms. The lowest BCUT2D eigenvalue weighted by Gasteiger charge is -2.06. The van der Waals surface area contributed by atoms with Crippen molar-refractivity contribution in [3.05, 3.63) is 70.3 Å². The molecule has 0 amide bonds. The van der Waals surface area contributed by atoms with Gasteiger partial charge in [0.1, 0.15) is 0 Å². The summed E-state index contributed by atoms with van der Waals surface area (Å²) in [5.41, 5.74) is 3.10. The Hall–Kier alpha value is -2.05. The van der Waals surface area contributed by atoms with Crippen LogP contribution < -0.4 is 0 Å². The van der Waals surface area contributed by atoms with Gasteiger partial charge in [-0.15, -0.1) is 0 Å². The van der Waals surface area contributed by atoms with E-state index in [2.05, 4.69) is 51.0 Å². The van der Waals surface area contributed by atoms with Crippen molar-refractivity contribution >= 4 is 26.8 Å². The zero-order valence-corrected chi connectivity index (χ0v) is 11.8. The first-order valence-corrected chi connectivity index (χ1v) is 6.79. The van der Waals surface area contributed by atoms with Crippen LogP contribution in [0.4, 0.5) is 0 Å². The summed E-state index contributed by atoms with van der Waals surface area (Å²) in [6.45, 7) is 0.811. The van der Waals surface area contributed by atoms with Crippen molar-refractivity contribution in [2.45, 2.75) is 6.54 Å². The zero-order chi connectivity index (χ0) is 13.2. The molecule has 0 saturated heterocycles. The second-order valence-electron chi connectivity index (χ2n) is 4.46. The fourth-order valence-electron chi connectivity index (χ4n) is 2.18. The molecule has 3 rings (SSSR count). The fourth-order valence-corrected chi connectivity index (χ4v) is 2.53. The summed E-state index contributed by atoms with van der Waals surface area (Å²) in [6.07, 6.45) is 2.09. The summed E-state index contributed by atoms with van der Waals surface area (Å²) in [4.78, 5) is 0. The van der Waals surface area contributed by atoms with Crippen LogP contribution in [0.5, 0.6) is 0 Å². The topological polar surface area (TPSA) is 28.7 Å². The maximum atomic E-state index is 8.80. The van der Waals surface area contributed by atoms with E-state index in [4.69, 9.17) is 5.26 Å². The van der Waals surface area contributed by atoms with E-state index in [0.29, 0.717) is 5.56 Å². The molecule has 0 radical (unpaired) electrons. The molecule has 0 aliphatic rings. The largest absolute Gasteiger partial charge is 0.343 e. The molecule has 92 valence electrons. The zero-order valence-electron chi connectivity index (χ0n) is 10.2. The maximum Gasteiger partial charge on any atom is 0.0991 e. The Labute approximate surface area is 120 Å². The van der Waals surface area contributed by atoms with E-state index in [1.165, 1.54) is 16.5 Å². The van der Waals surface area contributed by atoms with Crippen molar-refractivity contribution in [2.75, 3.05) is 0 Å². The van der Waals surface area contributed by atoms with E-state index in [1.807, 2.05) is 30.3 Å². The van der Waals surface area contributed by atoms with Crippen molar-refractivity contribution in [1.82, 2.24) is 4.57 Å². The van der Waals surface area contributed by atoms with Crippen molar-refractivity contribution in [1.29, 1.82) is 5.26 Å². The van der Waals surface area contributed by atoms with Gasteiger partial charge in [0.2, 0.25) is 0 Å². The van der Waals surface area contributed by atoms with Crippen LogP contribution in [0, 0.1) is 11.3 Å². The number of nitriles is 1. The summed E-state index contributed by atoms with van der Waals surface area (Å²) < 4.78 is 3.29. The minimum Gasteiger partial charge on any atom is -0.343 e. The summed E-state index contributed by atoms with van der Waals surface area (Å²) in [7, 11) is 0. The molecule has 0 aliphatic heterocycles. The van der Waals surface area contributed by atoms with Gasteiger partial charge in [-0.3, -0.25) is 0 Å². The molecule has 0 atom stereocenters. The highest BCUT2D eigenvalue weighted by Gasteiger charge is 2.02. The Morgan fingerprint density at radius 1 is 1.05 bits per heavy atom. The third-order valence-corrected chi connectivity index (χ3v) is 3.67. The Bertz CT molecular complexity index is 764. The first kappa shape index (κ1) is 12.0. The lowest BCUT2D eigenvalue weighted by Crippen LogP contribution is -1.97. The smallest absolute Gasteiger partial charge is 0.0991 e. The highest BCUT2D eigenvalue weighted by molar-refractivity contribution is 9.10. The molecule has 1 aromatic heterocycles. The van der Waals surface area contributed by atoms with Crippen LogP contribution in [-0.2, 0) is 6.54 Å². The Kier molecular flexibility index (Phi) is 3.10. The van der Waals surface area contributed by atoms with Crippen LogP contribution in [0.15, 0.2) is 59.2 Å². The number of benzene rings is 2. The van der Waals surface area contributed by atoms with Gasteiger partial charge >= 0.3 is 0 Å². The average molecular weight is 311 g/mol. The van der Waals surface area contributed by atoms with Crippen LogP contribution in [0.1, 0.15) is 11.1 Å². The molecule has 0 unspecified atom stereocenters. The molecule has 1 heterocycles. The standard InChI is InChI=1S/C16H11BrN2/c17-15-6-5-14-7-8-19(16(14)9-15)11-13-3-1-12(10-18)2-4-13/h1-9H,11H2. The van der Waals surface area contributed by atoms with Gasteiger partial charge in [-0.1, -0.05) is 34.1 Å². The minimum atomic E-state index is 0.698. The van der Waals surface area contributed by atoms with E-state index in [0.717, 1.165) is 11.0 Å². The Morgan fingerprint density at radius 3 is 2.58 bits per heavy atom. The molecule has 0 saturated carbocycles.